The van der Waals surface area contributed by atoms with Gasteiger partial charge in [0.1, 0.15) is 0 Å². The average Bonchev–Trinajstić information content (AvgIpc) is 2.03. The fourth-order valence-electron chi connectivity index (χ4n) is 0.732. The quantitative estimate of drug-likeness (QED) is 0.619. The number of allylic oxidation sites excluding steroid dienone is 3. The van der Waals surface area contributed by atoms with Crippen LogP contribution >= 0.6 is 0 Å². The normalized spacial score (nSPS) is 13.1. The van der Waals surface area contributed by atoms with E-state index in [4.69, 9.17) is 5.11 Å². The first-order chi connectivity index (χ1) is 5.66. The van der Waals surface area contributed by atoms with Crippen molar-refractivity contribution < 1.29 is 9.90 Å². The SMILES string of the molecule is C=CC(C)C/C=C/CCC(=O)O. The van der Waals surface area contributed by atoms with Crippen LogP contribution in [-0.4, -0.2) is 11.1 Å². The third-order valence-electron chi connectivity index (χ3n) is 1.60. The maximum atomic E-state index is 10.1. The predicted molar refractivity (Wildman–Crippen MR) is 50.0 cm³/mol. The van der Waals surface area contributed by atoms with Crippen LogP contribution in [-0.2, 0) is 4.79 Å². The molecule has 0 aliphatic carbocycles. The van der Waals surface area contributed by atoms with Crippen molar-refractivity contribution in [3.63, 3.8) is 0 Å². The molecule has 0 saturated heterocycles. The van der Waals surface area contributed by atoms with E-state index in [0.29, 0.717) is 12.3 Å². The molecule has 0 aromatic carbocycles. The predicted octanol–water partition coefficient (Wildman–Crippen LogP) is 2.62. The van der Waals surface area contributed by atoms with E-state index in [9.17, 15) is 4.79 Å². The van der Waals surface area contributed by atoms with E-state index in [-0.39, 0.29) is 6.42 Å². The summed E-state index contributed by atoms with van der Waals surface area (Å²) in [6.45, 7) is 5.74. The Morgan fingerprint density at radius 2 is 2.25 bits per heavy atom. The van der Waals surface area contributed by atoms with Gasteiger partial charge in [0.05, 0.1) is 0 Å². The molecule has 2 heteroatoms. The smallest absolute Gasteiger partial charge is 0.303 e. The van der Waals surface area contributed by atoms with Crippen LogP contribution in [0.5, 0.6) is 0 Å². The van der Waals surface area contributed by atoms with Gasteiger partial charge in [-0.2, -0.15) is 0 Å². The summed E-state index contributed by atoms with van der Waals surface area (Å²) in [7, 11) is 0. The second kappa shape index (κ2) is 6.65. The number of hydrogen-bond donors (Lipinski definition) is 1. The summed E-state index contributed by atoms with van der Waals surface area (Å²) in [5.74, 6) is -0.262. The highest BCUT2D eigenvalue weighted by Crippen LogP contribution is 2.03. The minimum Gasteiger partial charge on any atom is -0.481 e. The van der Waals surface area contributed by atoms with Crippen LogP contribution in [0.3, 0.4) is 0 Å². The molecule has 0 aliphatic rings. The van der Waals surface area contributed by atoms with E-state index in [2.05, 4.69) is 13.5 Å². The summed E-state index contributed by atoms with van der Waals surface area (Å²) in [5.41, 5.74) is 0. The van der Waals surface area contributed by atoms with Gasteiger partial charge < -0.3 is 5.11 Å². The standard InChI is InChI=1S/C10H16O2/c1-3-9(2)7-5-4-6-8-10(11)12/h3-5,9H,1,6-8H2,2H3,(H,11,12)/b5-4+. The molecule has 0 saturated carbocycles. The van der Waals surface area contributed by atoms with Crippen LogP contribution in [0.15, 0.2) is 24.8 Å². The van der Waals surface area contributed by atoms with Gasteiger partial charge in [-0.05, 0) is 18.8 Å². The highest BCUT2D eigenvalue weighted by atomic mass is 16.4. The maximum Gasteiger partial charge on any atom is 0.303 e. The van der Waals surface area contributed by atoms with Crippen LogP contribution in [0, 0.1) is 5.92 Å². The number of rotatable bonds is 6. The molecule has 0 fully saturated rings. The summed E-state index contributed by atoms with van der Waals surface area (Å²) in [5, 5.41) is 8.32. The van der Waals surface area contributed by atoms with Crippen molar-refractivity contribution in [1.82, 2.24) is 0 Å². The molecule has 0 bridgehead atoms. The Kier molecular flexibility index (Phi) is 6.07. The summed E-state index contributed by atoms with van der Waals surface area (Å²) in [6, 6.07) is 0. The number of carboxylic acids is 1. The first-order valence-corrected chi connectivity index (χ1v) is 4.16. The van der Waals surface area contributed by atoms with Crippen molar-refractivity contribution in [1.29, 1.82) is 0 Å². The number of hydrogen-bond acceptors (Lipinski definition) is 1. The highest BCUT2D eigenvalue weighted by Gasteiger charge is 1.93. The molecular weight excluding hydrogens is 152 g/mol. The van der Waals surface area contributed by atoms with Crippen molar-refractivity contribution in [2.45, 2.75) is 26.2 Å². The van der Waals surface area contributed by atoms with Gasteiger partial charge in [0, 0.05) is 6.42 Å². The van der Waals surface area contributed by atoms with Gasteiger partial charge in [0.25, 0.3) is 0 Å². The molecule has 0 radical (unpaired) electrons. The summed E-state index contributed by atoms with van der Waals surface area (Å²) in [6.07, 6.45) is 7.60. The molecule has 0 rings (SSSR count). The summed E-state index contributed by atoms with van der Waals surface area (Å²) >= 11 is 0. The average molecular weight is 168 g/mol. The first kappa shape index (κ1) is 11.0. The highest BCUT2D eigenvalue weighted by molar-refractivity contribution is 5.66. The molecular formula is C10H16O2. The topological polar surface area (TPSA) is 37.3 Å². The molecule has 0 spiro atoms. The van der Waals surface area contributed by atoms with Crippen molar-refractivity contribution in [2.75, 3.05) is 0 Å². The Labute approximate surface area is 73.6 Å². The van der Waals surface area contributed by atoms with Gasteiger partial charge in [-0.15, -0.1) is 6.58 Å². The Morgan fingerprint density at radius 1 is 1.58 bits per heavy atom. The monoisotopic (exact) mass is 168 g/mol. The van der Waals surface area contributed by atoms with Crippen LogP contribution in [0.4, 0.5) is 0 Å². The van der Waals surface area contributed by atoms with Gasteiger partial charge in [0.15, 0.2) is 0 Å². The molecule has 0 aromatic heterocycles. The van der Waals surface area contributed by atoms with Gasteiger partial charge in [-0.25, -0.2) is 0 Å². The largest absolute Gasteiger partial charge is 0.481 e. The molecule has 0 aliphatic heterocycles. The van der Waals surface area contributed by atoms with Crippen molar-refractivity contribution >= 4 is 5.97 Å². The van der Waals surface area contributed by atoms with E-state index < -0.39 is 5.97 Å². The van der Waals surface area contributed by atoms with E-state index in [1.165, 1.54) is 0 Å². The van der Waals surface area contributed by atoms with E-state index >= 15 is 0 Å². The molecule has 0 aromatic rings. The van der Waals surface area contributed by atoms with Gasteiger partial charge in [-0.1, -0.05) is 25.2 Å². The molecule has 2 nitrogen and oxygen atoms in total. The molecule has 1 N–H and O–H groups in total. The minimum atomic E-state index is -0.739. The molecule has 1 atom stereocenters. The second-order valence-electron chi connectivity index (χ2n) is 2.85. The van der Waals surface area contributed by atoms with Crippen LogP contribution in [0.1, 0.15) is 26.2 Å². The van der Waals surface area contributed by atoms with Gasteiger partial charge >= 0.3 is 5.97 Å². The maximum absolute atomic E-state index is 10.1. The fourth-order valence-corrected chi connectivity index (χ4v) is 0.732. The lowest BCUT2D eigenvalue weighted by atomic mass is 10.1. The Morgan fingerprint density at radius 3 is 2.75 bits per heavy atom. The molecule has 12 heavy (non-hydrogen) atoms. The lowest BCUT2D eigenvalue weighted by Gasteiger charge is -1.97. The minimum absolute atomic E-state index is 0.221. The Balaban J connectivity index is 3.37. The summed E-state index contributed by atoms with van der Waals surface area (Å²) in [4.78, 5) is 10.1. The zero-order valence-electron chi connectivity index (χ0n) is 7.49. The molecule has 1 unspecified atom stereocenters. The zero-order valence-corrected chi connectivity index (χ0v) is 7.49. The lowest BCUT2D eigenvalue weighted by molar-refractivity contribution is -0.136. The van der Waals surface area contributed by atoms with Crippen LogP contribution < -0.4 is 0 Å². The van der Waals surface area contributed by atoms with E-state index in [1.807, 2.05) is 18.2 Å². The van der Waals surface area contributed by atoms with Crippen molar-refractivity contribution in [3.05, 3.63) is 24.8 Å². The van der Waals surface area contributed by atoms with E-state index in [1.54, 1.807) is 0 Å². The lowest BCUT2D eigenvalue weighted by Crippen LogP contribution is -1.91. The van der Waals surface area contributed by atoms with E-state index in [0.717, 1.165) is 6.42 Å². The fraction of sp³-hybridized carbons (Fsp3) is 0.500. The third-order valence-corrected chi connectivity index (χ3v) is 1.60. The first-order valence-electron chi connectivity index (χ1n) is 4.16. The Bertz CT molecular complexity index is 171. The second-order valence-corrected chi connectivity index (χ2v) is 2.85. The third kappa shape index (κ3) is 7.06. The molecule has 0 amide bonds. The molecule has 0 heterocycles. The van der Waals surface area contributed by atoms with Gasteiger partial charge in [-0.3, -0.25) is 4.79 Å². The van der Waals surface area contributed by atoms with Crippen molar-refractivity contribution in [3.8, 4) is 0 Å². The van der Waals surface area contributed by atoms with Crippen LogP contribution in [0.25, 0.3) is 0 Å². The van der Waals surface area contributed by atoms with Gasteiger partial charge in [0.2, 0.25) is 0 Å². The molecule has 68 valence electrons. The number of aliphatic carboxylic acids is 1. The Hall–Kier alpha value is -1.05. The van der Waals surface area contributed by atoms with Crippen LogP contribution in [0.2, 0.25) is 0 Å². The summed E-state index contributed by atoms with van der Waals surface area (Å²) < 4.78 is 0. The zero-order chi connectivity index (χ0) is 9.40. The number of carboxylic acid groups (broad SMARTS) is 1. The number of carbonyl (C=O) groups is 1. The van der Waals surface area contributed by atoms with Crippen molar-refractivity contribution in [2.24, 2.45) is 5.92 Å².